The van der Waals surface area contributed by atoms with Crippen LogP contribution in [0, 0.1) is 5.82 Å². The van der Waals surface area contributed by atoms with Gasteiger partial charge in [0.1, 0.15) is 5.82 Å². The maximum Gasteiger partial charge on any atom is 0.124 e. The quantitative estimate of drug-likeness (QED) is 0.755. The summed E-state index contributed by atoms with van der Waals surface area (Å²) in [4.78, 5) is 2.49. The van der Waals surface area contributed by atoms with Crippen LogP contribution >= 0.6 is 15.9 Å². The highest BCUT2D eigenvalue weighted by Crippen LogP contribution is 2.29. The molecule has 1 nitrogen and oxygen atoms in total. The molecular weight excluding hydrogens is 281 g/mol. The lowest BCUT2D eigenvalue weighted by Gasteiger charge is -2.21. The molecule has 1 aliphatic carbocycles. The maximum absolute atomic E-state index is 13.3. The Hall–Kier alpha value is -0.410. The van der Waals surface area contributed by atoms with Gasteiger partial charge in [0.2, 0.25) is 0 Å². The summed E-state index contributed by atoms with van der Waals surface area (Å²) in [6.45, 7) is 4.22. The zero-order valence-electron chi connectivity index (χ0n) is 10.3. The fourth-order valence-corrected chi connectivity index (χ4v) is 2.64. The monoisotopic (exact) mass is 299 g/mol. The molecule has 2 rings (SSSR count). The smallest absolute Gasteiger partial charge is 0.124 e. The van der Waals surface area contributed by atoms with Crippen molar-refractivity contribution in [2.75, 3.05) is 6.54 Å². The average molecular weight is 300 g/mol. The predicted octanol–water partition coefficient (Wildman–Crippen LogP) is 4.35. The van der Waals surface area contributed by atoms with Crippen molar-refractivity contribution in [3.8, 4) is 0 Å². The molecule has 0 N–H and O–H groups in total. The van der Waals surface area contributed by atoms with Gasteiger partial charge >= 0.3 is 0 Å². The summed E-state index contributed by atoms with van der Waals surface area (Å²) in [7, 11) is 0. The van der Waals surface area contributed by atoms with E-state index in [1.807, 2.05) is 6.07 Å². The molecule has 94 valence electrons. The number of rotatable bonds is 6. The SMILES string of the molecule is CCCCN(Cc1cc(F)cc(Br)c1)C1CC1. The summed E-state index contributed by atoms with van der Waals surface area (Å²) in [6.07, 6.45) is 5.06. The van der Waals surface area contributed by atoms with Crippen LogP contribution in [0.4, 0.5) is 4.39 Å². The number of unbranched alkanes of at least 4 members (excludes halogenated alkanes) is 1. The van der Waals surface area contributed by atoms with Crippen molar-refractivity contribution < 1.29 is 4.39 Å². The second kappa shape index (κ2) is 5.96. The third-order valence-corrected chi connectivity index (χ3v) is 3.63. The summed E-state index contributed by atoms with van der Waals surface area (Å²) in [5.41, 5.74) is 1.07. The first-order valence-electron chi connectivity index (χ1n) is 6.38. The molecular formula is C14H19BrFN. The molecule has 0 radical (unpaired) electrons. The van der Waals surface area contributed by atoms with E-state index in [0.29, 0.717) is 0 Å². The van der Waals surface area contributed by atoms with Crippen LogP contribution in [0.5, 0.6) is 0 Å². The third kappa shape index (κ3) is 4.07. The van der Waals surface area contributed by atoms with Crippen molar-refractivity contribution in [1.82, 2.24) is 4.90 Å². The Balaban J connectivity index is 2.00. The van der Waals surface area contributed by atoms with E-state index in [4.69, 9.17) is 0 Å². The zero-order valence-corrected chi connectivity index (χ0v) is 11.8. The van der Waals surface area contributed by atoms with Crippen LogP contribution in [0.3, 0.4) is 0 Å². The molecule has 17 heavy (non-hydrogen) atoms. The highest BCUT2D eigenvalue weighted by Gasteiger charge is 2.28. The molecule has 0 spiro atoms. The van der Waals surface area contributed by atoms with E-state index in [-0.39, 0.29) is 5.82 Å². The topological polar surface area (TPSA) is 3.24 Å². The van der Waals surface area contributed by atoms with Gasteiger partial charge in [-0.2, -0.15) is 0 Å². The molecule has 0 aromatic heterocycles. The van der Waals surface area contributed by atoms with E-state index in [1.54, 1.807) is 6.07 Å². The highest BCUT2D eigenvalue weighted by atomic mass is 79.9. The average Bonchev–Trinajstić information content (AvgIpc) is 3.06. The van der Waals surface area contributed by atoms with Crippen molar-refractivity contribution in [2.24, 2.45) is 0 Å². The van der Waals surface area contributed by atoms with E-state index < -0.39 is 0 Å². The molecule has 0 saturated heterocycles. The van der Waals surface area contributed by atoms with E-state index in [2.05, 4.69) is 27.8 Å². The summed E-state index contributed by atoms with van der Waals surface area (Å²) >= 11 is 3.35. The van der Waals surface area contributed by atoms with E-state index >= 15 is 0 Å². The molecule has 1 aromatic rings. The summed E-state index contributed by atoms with van der Waals surface area (Å²) in [5.74, 6) is -0.152. The fraction of sp³-hybridized carbons (Fsp3) is 0.571. The summed E-state index contributed by atoms with van der Waals surface area (Å²) in [5, 5.41) is 0. The van der Waals surface area contributed by atoms with Crippen LogP contribution in [0.15, 0.2) is 22.7 Å². The van der Waals surface area contributed by atoms with Gasteiger partial charge in [-0.25, -0.2) is 4.39 Å². The highest BCUT2D eigenvalue weighted by molar-refractivity contribution is 9.10. The number of nitrogens with zero attached hydrogens (tertiary/aromatic N) is 1. The van der Waals surface area contributed by atoms with Gasteiger partial charge in [-0.1, -0.05) is 29.3 Å². The molecule has 0 bridgehead atoms. The normalized spacial score (nSPS) is 15.5. The molecule has 0 aliphatic heterocycles. The molecule has 1 aliphatic rings. The van der Waals surface area contributed by atoms with Gasteiger partial charge in [0.05, 0.1) is 0 Å². The van der Waals surface area contributed by atoms with Crippen LogP contribution < -0.4 is 0 Å². The first-order valence-corrected chi connectivity index (χ1v) is 7.17. The zero-order chi connectivity index (χ0) is 12.3. The minimum atomic E-state index is -0.152. The Morgan fingerprint density at radius 2 is 2.12 bits per heavy atom. The molecule has 0 heterocycles. The second-order valence-corrected chi connectivity index (χ2v) is 5.75. The largest absolute Gasteiger partial charge is 0.296 e. The van der Waals surface area contributed by atoms with Crippen LogP contribution in [-0.2, 0) is 6.54 Å². The number of hydrogen-bond donors (Lipinski definition) is 0. The number of halogens is 2. The Labute approximate surface area is 111 Å². The van der Waals surface area contributed by atoms with E-state index in [9.17, 15) is 4.39 Å². The lowest BCUT2D eigenvalue weighted by atomic mass is 10.2. The molecule has 1 fully saturated rings. The minimum Gasteiger partial charge on any atom is -0.296 e. The number of benzene rings is 1. The molecule has 0 amide bonds. The maximum atomic E-state index is 13.3. The van der Waals surface area contributed by atoms with Crippen molar-refractivity contribution in [3.63, 3.8) is 0 Å². The Morgan fingerprint density at radius 3 is 2.71 bits per heavy atom. The van der Waals surface area contributed by atoms with Crippen molar-refractivity contribution in [1.29, 1.82) is 0 Å². The lowest BCUT2D eigenvalue weighted by molar-refractivity contribution is 0.250. The van der Waals surface area contributed by atoms with E-state index in [1.165, 1.54) is 31.7 Å². The summed E-state index contributed by atoms with van der Waals surface area (Å²) < 4.78 is 14.1. The van der Waals surface area contributed by atoms with Gasteiger partial charge in [-0.3, -0.25) is 4.90 Å². The van der Waals surface area contributed by atoms with Gasteiger partial charge in [-0.05, 0) is 49.6 Å². The Bertz CT molecular complexity index is 356. The molecule has 3 heteroatoms. The molecule has 0 unspecified atom stereocenters. The van der Waals surface area contributed by atoms with Crippen LogP contribution in [-0.4, -0.2) is 17.5 Å². The first kappa shape index (κ1) is 13.0. The van der Waals surface area contributed by atoms with Gasteiger partial charge in [0, 0.05) is 17.1 Å². The third-order valence-electron chi connectivity index (χ3n) is 3.17. The second-order valence-electron chi connectivity index (χ2n) is 4.83. The summed E-state index contributed by atoms with van der Waals surface area (Å²) in [6, 6.07) is 5.91. The first-order chi connectivity index (χ1) is 8.19. The Kier molecular flexibility index (Phi) is 4.57. The minimum absolute atomic E-state index is 0.152. The van der Waals surface area contributed by atoms with Crippen LogP contribution in [0.1, 0.15) is 38.2 Å². The Morgan fingerprint density at radius 1 is 1.35 bits per heavy atom. The van der Waals surface area contributed by atoms with Crippen molar-refractivity contribution >= 4 is 15.9 Å². The van der Waals surface area contributed by atoms with Crippen LogP contribution in [0.25, 0.3) is 0 Å². The number of hydrogen-bond acceptors (Lipinski definition) is 1. The van der Waals surface area contributed by atoms with Crippen molar-refractivity contribution in [2.45, 2.75) is 45.2 Å². The van der Waals surface area contributed by atoms with Gasteiger partial charge in [0.15, 0.2) is 0 Å². The lowest BCUT2D eigenvalue weighted by Crippen LogP contribution is -2.26. The molecule has 0 atom stereocenters. The van der Waals surface area contributed by atoms with Gasteiger partial charge in [0.25, 0.3) is 0 Å². The van der Waals surface area contributed by atoms with Gasteiger partial charge in [-0.15, -0.1) is 0 Å². The van der Waals surface area contributed by atoms with E-state index in [0.717, 1.165) is 29.2 Å². The molecule has 1 aromatic carbocycles. The molecule has 1 saturated carbocycles. The fourth-order valence-electron chi connectivity index (χ4n) is 2.13. The predicted molar refractivity (Wildman–Crippen MR) is 72.4 cm³/mol. The standard InChI is InChI=1S/C14H19BrFN/c1-2-3-6-17(14-4-5-14)10-11-7-12(15)9-13(16)8-11/h7-9,14H,2-6,10H2,1H3. The van der Waals surface area contributed by atoms with Crippen molar-refractivity contribution in [3.05, 3.63) is 34.1 Å². The van der Waals surface area contributed by atoms with Crippen LogP contribution in [0.2, 0.25) is 0 Å². The van der Waals surface area contributed by atoms with Gasteiger partial charge < -0.3 is 0 Å².